The number of hydrogen-bond donors (Lipinski definition) is 1. The molecule has 192 valence electrons. The van der Waals surface area contributed by atoms with Gasteiger partial charge in [0.05, 0.1) is 11.4 Å². The average molecular weight is 540 g/mol. The van der Waals surface area contributed by atoms with Gasteiger partial charge in [-0.2, -0.15) is 0 Å². The van der Waals surface area contributed by atoms with Crippen molar-refractivity contribution in [2.24, 2.45) is 5.92 Å². The summed E-state index contributed by atoms with van der Waals surface area (Å²) in [5, 5.41) is 2.30. The highest BCUT2D eigenvalue weighted by atomic mass is 35.5. The quantitative estimate of drug-likeness (QED) is 0.493. The van der Waals surface area contributed by atoms with Crippen molar-refractivity contribution >= 4 is 50.6 Å². The number of halogens is 2. The molecule has 2 aliphatic rings. The Morgan fingerprint density at radius 3 is 2.54 bits per heavy atom. The van der Waals surface area contributed by atoms with E-state index in [1.807, 2.05) is 12.2 Å². The molecule has 2 unspecified atom stereocenters. The second-order valence-corrected chi connectivity index (χ2v) is 11.9. The van der Waals surface area contributed by atoms with Crippen LogP contribution < -0.4 is 9.62 Å². The van der Waals surface area contributed by atoms with Gasteiger partial charge >= 0.3 is 0 Å². The minimum Gasteiger partial charge on any atom is -0.354 e. The van der Waals surface area contributed by atoms with E-state index in [4.69, 9.17) is 16.6 Å². The van der Waals surface area contributed by atoms with E-state index in [0.29, 0.717) is 13.0 Å². The second-order valence-electron chi connectivity index (χ2n) is 9.15. The van der Waals surface area contributed by atoms with E-state index in [-0.39, 0.29) is 24.1 Å². The molecule has 35 heavy (non-hydrogen) atoms. The summed E-state index contributed by atoms with van der Waals surface area (Å²) in [6.45, 7) is 11.4. The van der Waals surface area contributed by atoms with E-state index in [0.717, 1.165) is 60.6 Å². The monoisotopic (exact) mass is 538 g/mol. The van der Waals surface area contributed by atoms with Crippen molar-refractivity contribution < 1.29 is 8.42 Å². The van der Waals surface area contributed by atoms with Gasteiger partial charge in [0.15, 0.2) is 0 Å². The lowest BCUT2D eigenvalue weighted by atomic mass is 9.82. The minimum atomic E-state index is -3.19. The number of hydrogen-bond acceptors (Lipinski definition) is 5. The van der Waals surface area contributed by atoms with Crippen LogP contribution in [0, 0.1) is 5.92 Å². The van der Waals surface area contributed by atoms with E-state index in [9.17, 15) is 8.42 Å². The van der Waals surface area contributed by atoms with Gasteiger partial charge in [0.25, 0.3) is 0 Å². The number of pyridine rings is 1. The molecule has 4 rings (SSSR count). The number of allylic oxidation sites excluding steroid dienone is 3. The van der Waals surface area contributed by atoms with Crippen LogP contribution in [0.25, 0.3) is 10.8 Å². The standard InChI is InChI=1S/C26H35ClN4O2S.ClH/c1-4-30-14-16-31(17-15-30)25-23-9-7-6-8-22(23)19-24(29-25)26(27)12-10-21(18-20(26)3)11-13-28-34(32,33)5-2;/h6-10,12,18-20,28H,4-5,11,13-17H2,1-3H3;1H. The average Bonchev–Trinajstić information content (AvgIpc) is 2.85. The maximum absolute atomic E-state index is 11.7. The van der Waals surface area contributed by atoms with Crippen molar-refractivity contribution in [3.63, 3.8) is 0 Å². The number of piperazine rings is 1. The zero-order valence-corrected chi connectivity index (χ0v) is 23.1. The highest BCUT2D eigenvalue weighted by Gasteiger charge is 2.37. The Morgan fingerprint density at radius 1 is 1.17 bits per heavy atom. The molecule has 1 aliphatic carbocycles. The number of nitrogens with one attached hydrogen (secondary N) is 1. The lowest BCUT2D eigenvalue weighted by molar-refractivity contribution is 0.270. The number of anilines is 1. The Hall–Kier alpha value is -1.64. The number of fused-ring (bicyclic) bond motifs is 1. The van der Waals surface area contributed by atoms with Crippen molar-refractivity contribution in [3.05, 3.63) is 59.8 Å². The normalized spacial score (nSPS) is 23.3. The van der Waals surface area contributed by atoms with E-state index >= 15 is 0 Å². The molecular weight excluding hydrogens is 503 g/mol. The summed E-state index contributed by atoms with van der Waals surface area (Å²) in [6, 6.07) is 10.5. The molecule has 6 nitrogen and oxygen atoms in total. The van der Waals surface area contributed by atoms with Crippen molar-refractivity contribution in [2.75, 3.05) is 49.9 Å². The van der Waals surface area contributed by atoms with Crippen LogP contribution in [0.5, 0.6) is 0 Å². The van der Waals surface area contributed by atoms with Gasteiger partial charge in [-0.05, 0) is 31.3 Å². The molecular formula is C26H36Cl2N4O2S. The predicted octanol–water partition coefficient (Wildman–Crippen LogP) is 4.69. The van der Waals surface area contributed by atoms with Gasteiger partial charge in [-0.15, -0.1) is 24.0 Å². The van der Waals surface area contributed by atoms with Crippen molar-refractivity contribution in [1.82, 2.24) is 14.6 Å². The first-order chi connectivity index (χ1) is 16.3. The molecule has 2 aromatic rings. The number of benzene rings is 1. The lowest BCUT2D eigenvalue weighted by Gasteiger charge is -2.37. The van der Waals surface area contributed by atoms with Crippen LogP contribution in [0.3, 0.4) is 0 Å². The summed E-state index contributed by atoms with van der Waals surface area (Å²) in [5.74, 6) is 1.11. The summed E-state index contributed by atoms with van der Waals surface area (Å²) in [4.78, 5) is 9.25. The minimum absolute atomic E-state index is 0. The Labute approximate surface area is 220 Å². The number of likely N-dealkylation sites (N-methyl/N-ethyl adjacent to an activating group) is 1. The SMILES string of the molecule is CCN1CCN(c2nc(C3(Cl)C=CC(CCNS(=O)(=O)CC)=CC3C)cc3ccccc23)CC1.Cl. The molecule has 1 N–H and O–H groups in total. The molecule has 1 aliphatic heterocycles. The molecule has 1 fully saturated rings. The topological polar surface area (TPSA) is 65.5 Å². The predicted molar refractivity (Wildman–Crippen MR) is 149 cm³/mol. The van der Waals surface area contributed by atoms with E-state index in [1.165, 1.54) is 0 Å². The molecule has 1 aromatic carbocycles. The van der Waals surface area contributed by atoms with Crippen LogP contribution >= 0.6 is 24.0 Å². The van der Waals surface area contributed by atoms with Crippen molar-refractivity contribution in [1.29, 1.82) is 0 Å². The zero-order chi connectivity index (χ0) is 24.3. The van der Waals surface area contributed by atoms with Gasteiger partial charge in [-0.25, -0.2) is 18.1 Å². The Morgan fingerprint density at radius 2 is 1.89 bits per heavy atom. The molecule has 0 amide bonds. The van der Waals surface area contributed by atoms with Crippen LogP contribution in [-0.2, 0) is 14.9 Å². The first kappa shape index (κ1) is 27.9. The number of alkyl halides is 1. The molecule has 0 saturated carbocycles. The first-order valence-electron chi connectivity index (χ1n) is 12.2. The number of rotatable bonds is 8. The van der Waals surface area contributed by atoms with Crippen molar-refractivity contribution in [3.8, 4) is 0 Å². The first-order valence-corrected chi connectivity index (χ1v) is 14.2. The smallest absolute Gasteiger partial charge is 0.211 e. The maximum Gasteiger partial charge on any atom is 0.211 e. The fraction of sp³-hybridized carbons (Fsp3) is 0.500. The number of aromatic nitrogens is 1. The Balaban J connectivity index is 0.00000342. The van der Waals surface area contributed by atoms with Crippen LogP contribution in [0.1, 0.15) is 32.9 Å². The summed E-state index contributed by atoms with van der Waals surface area (Å²) in [5.41, 5.74) is 1.94. The fourth-order valence-corrected chi connectivity index (χ4v) is 5.55. The molecule has 0 radical (unpaired) electrons. The van der Waals surface area contributed by atoms with E-state index < -0.39 is 14.9 Å². The van der Waals surface area contributed by atoms with Gasteiger partial charge in [-0.1, -0.05) is 61.9 Å². The zero-order valence-electron chi connectivity index (χ0n) is 20.7. The van der Waals surface area contributed by atoms with Crippen LogP contribution in [0.15, 0.2) is 54.1 Å². The lowest BCUT2D eigenvalue weighted by Crippen LogP contribution is -2.46. The number of nitrogens with zero attached hydrogens (tertiary/aromatic N) is 3. The van der Waals surface area contributed by atoms with Gasteiger partial charge in [0.1, 0.15) is 10.7 Å². The molecule has 9 heteroatoms. The van der Waals surface area contributed by atoms with E-state index in [1.54, 1.807) is 6.92 Å². The van der Waals surface area contributed by atoms with Gasteiger partial charge < -0.3 is 9.80 Å². The van der Waals surface area contributed by atoms with E-state index in [2.05, 4.69) is 64.8 Å². The Bertz CT molecular complexity index is 1190. The molecule has 1 aromatic heterocycles. The molecule has 1 saturated heterocycles. The third kappa shape index (κ3) is 6.20. The maximum atomic E-state index is 11.7. The van der Waals surface area contributed by atoms with Crippen molar-refractivity contribution in [2.45, 2.75) is 32.1 Å². The summed E-state index contributed by atoms with van der Waals surface area (Å²) >= 11 is 7.27. The second kappa shape index (κ2) is 11.6. The van der Waals surface area contributed by atoms with Gasteiger partial charge in [0.2, 0.25) is 10.0 Å². The summed E-state index contributed by atoms with van der Waals surface area (Å²) in [6.07, 6.45) is 6.82. The van der Waals surface area contributed by atoms with Crippen LogP contribution in [0.4, 0.5) is 5.82 Å². The summed E-state index contributed by atoms with van der Waals surface area (Å²) < 4.78 is 26.1. The number of sulfonamides is 1. The van der Waals surface area contributed by atoms with Crippen LogP contribution in [0.2, 0.25) is 0 Å². The van der Waals surface area contributed by atoms with Gasteiger partial charge in [-0.3, -0.25) is 0 Å². The molecule has 0 spiro atoms. The Kier molecular flexibility index (Phi) is 9.27. The van der Waals surface area contributed by atoms with Gasteiger partial charge in [0, 0.05) is 44.0 Å². The summed E-state index contributed by atoms with van der Waals surface area (Å²) in [7, 11) is -3.19. The van der Waals surface area contributed by atoms with Crippen LogP contribution in [-0.4, -0.2) is 63.3 Å². The third-order valence-electron chi connectivity index (χ3n) is 7.01. The highest BCUT2D eigenvalue weighted by molar-refractivity contribution is 7.89. The fourth-order valence-electron chi connectivity index (χ4n) is 4.71. The molecule has 2 heterocycles. The third-order valence-corrected chi connectivity index (χ3v) is 9.08. The highest BCUT2D eigenvalue weighted by Crippen LogP contribution is 2.44. The molecule has 2 atom stereocenters. The largest absolute Gasteiger partial charge is 0.354 e. The molecule has 0 bridgehead atoms.